The summed E-state index contributed by atoms with van der Waals surface area (Å²) in [5.41, 5.74) is 1.81. The highest BCUT2D eigenvalue weighted by atomic mass is 16.5. The second kappa shape index (κ2) is 8.14. The lowest BCUT2D eigenvalue weighted by Crippen LogP contribution is -2.42. The highest BCUT2D eigenvalue weighted by Crippen LogP contribution is 2.29. The Morgan fingerprint density at radius 3 is 2.76 bits per heavy atom. The number of likely N-dealkylation sites (tertiary alicyclic amines) is 1. The molecule has 1 fully saturated rings. The lowest BCUT2D eigenvalue weighted by molar-refractivity contribution is -0.118. The van der Waals surface area contributed by atoms with Gasteiger partial charge in [0, 0.05) is 6.54 Å². The van der Waals surface area contributed by atoms with Crippen molar-refractivity contribution >= 4 is 11.6 Å². The minimum Gasteiger partial charge on any atom is -0.455 e. The van der Waals surface area contributed by atoms with Crippen molar-refractivity contribution in [3.05, 3.63) is 54.1 Å². The predicted molar refractivity (Wildman–Crippen MR) is 98.0 cm³/mol. The van der Waals surface area contributed by atoms with Crippen LogP contribution in [-0.2, 0) is 4.79 Å². The summed E-state index contributed by atoms with van der Waals surface area (Å²) >= 11 is 0. The quantitative estimate of drug-likeness (QED) is 0.877. The number of piperidine rings is 1. The molecule has 2 aromatic rings. The molecule has 0 aromatic heterocycles. The van der Waals surface area contributed by atoms with Gasteiger partial charge < -0.3 is 15.2 Å². The molecule has 1 atom stereocenters. The number of nitrogens with zero attached hydrogens (tertiary/aromatic N) is 1. The van der Waals surface area contributed by atoms with Gasteiger partial charge in [-0.1, -0.05) is 29.8 Å². The topological polar surface area (TPSA) is 61.8 Å². The van der Waals surface area contributed by atoms with E-state index in [4.69, 9.17) is 4.74 Å². The first kappa shape index (κ1) is 17.5. The van der Waals surface area contributed by atoms with Gasteiger partial charge in [0.2, 0.25) is 5.91 Å². The second-order valence-electron chi connectivity index (χ2n) is 6.49. The van der Waals surface area contributed by atoms with E-state index in [0.29, 0.717) is 18.0 Å². The van der Waals surface area contributed by atoms with Crippen molar-refractivity contribution in [3.63, 3.8) is 0 Å². The molecule has 0 saturated carbocycles. The Labute approximate surface area is 148 Å². The number of amides is 1. The Morgan fingerprint density at radius 2 is 2.00 bits per heavy atom. The van der Waals surface area contributed by atoms with Crippen molar-refractivity contribution in [1.82, 2.24) is 4.90 Å². The van der Waals surface area contributed by atoms with Crippen molar-refractivity contribution in [3.8, 4) is 11.5 Å². The van der Waals surface area contributed by atoms with Crippen LogP contribution in [0.5, 0.6) is 11.5 Å². The highest BCUT2D eigenvalue weighted by Gasteiger charge is 2.20. The number of para-hydroxylation sites is 2. The number of ether oxygens (including phenoxy) is 1. The van der Waals surface area contributed by atoms with Gasteiger partial charge in [0.15, 0.2) is 5.75 Å². The fourth-order valence-corrected chi connectivity index (χ4v) is 2.96. The fourth-order valence-electron chi connectivity index (χ4n) is 2.96. The average Bonchev–Trinajstić information content (AvgIpc) is 2.58. The number of benzene rings is 2. The van der Waals surface area contributed by atoms with Crippen LogP contribution in [0.4, 0.5) is 5.69 Å². The van der Waals surface area contributed by atoms with Gasteiger partial charge in [-0.15, -0.1) is 0 Å². The maximum atomic E-state index is 12.3. The first-order valence-corrected chi connectivity index (χ1v) is 8.64. The molecule has 1 aliphatic heterocycles. The number of aryl methyl sites for hydroxylation is 1. The van der Waals surface area contributed by atoms with E-state index in [9.17, 15) is 9.90 Å². The number of aliphatic hydroxyl groups excluding tert-OH is 1. The zero-order valence-electron chi connectivity index (χ0n) is 14.4. The summed E-state index contributed by atoms with van der Waals surface area (Å²) in [6.45, 7) is 3.69. The van der Waals surface area contributed by atoms with E-state index in [1.807, 2.05) is 60.4 Å². The molecule has 5 nitrogen and oxygen atoms in total. The molecule has 2 aromatic carbocycles. The summed E-state index contributed by atoms with van der Waals surface area (Å²) in [5.74, 6) is 1.24. The van der Waals surface area contributed by atoms with Crippen LogP contribution in [-0.4, -0.2) is 41.7 Å². The van der Waals surface area contributed by atoms with Crippen LogP contribution in [0.1, 0.15) is 18.4 Å². The molecule has 1 aliphatic rings. The summed E-state index contributed by atoms with van der Waals surface area (Å²) in [7, 11) is 0. The molecule has 132 valence electrons. The van der Waals surface area contributed by atoms with E-state index in [1.54, 1.807) is 0 Å². The van der Waals surface area contributed by atoms with Gasteiger partial charge in [0.05, 0.1) is 18.3 Å². The molecule has 0 aliphatic carbocycles. The number of aliphatic hydroxyl groups is 1. The van der Waals surface area contributed by atoms with Crippen molar-refractivity contribution in [1.29, 1.82) is 0 Å². The summed E-state index contributed by atoms with van der Waals surface area (Å²) in [5, 5.41) is 12.6. The first-order valence-electron chi connectivity index (χ1n) is 8.64. The zero-order chi connectivity index (χ0) is 17.6. The predicted octanol–water partition coefficient (Wildman–Crippen LogP) is 3.18. The summed E-state index contributed by atoms with van der Waals surface area (Å²) in [6, 6.07) is 15.2. The van der Waals surface area contributed by atoms with Gasteiger partial charge in [0.1, 0.15) is 5.75 Å². The summed E-state index contributed by atoms with van der Waals surface area (Å²) < 4.78 is 5.90. The van der Waals surface area contributed by atoms with Crippen molar-refractivity contribution in [2.45, 2.75) is 25.9 Å². The molecule has 1 amide bonds. The van der Waals surface area contributed by atoms with Crippen LogP contribution in [0.3, 0.4) is 0 Å². The van der Waals surface area contributed by atoms with Gasteiger partial charge in [-0.05, 0) is 50.6 Å². The number of rotatable bonds is 5. The maximum absolute atomic E-state index is 12.3. The number of β-amino-alcohol motifs (C(OH)–C–C–N with tert-alkyl or cyclic N) is 1. The van der Waals surface area contributed by atoms with Crippen molar-refractivity contribution in [2.24, 2.45) is 0 Å². The van der Waals surface area contributed by atoms with Crippen LogP contribution in [0.15, 0.2) is 48.5 Å². The third-order valence-corrected chi connectivity index (χ3v) is 4.26. The number of hydrogen-bond donors (Lipinski definition) is 2. The molecule has 1 saturated heterocycles. The molecule has 0 bridgehead atoms. The molecule has 1 heterocycles. The summed E-state index contributed by atoms with van der Waals surface area (Å²) in [4.78, 5) is 14.3. The minimum atomic E-state index is -0.335. The molecule has 5 heteroatoms. The van der Waals surface area contributed by atoms with Crippen LogP contribution in [0.25, 0.3) is 0 Å². The zero-order valence-corrected chi connectivity index (χ0v) is 14.4. The SMILES string of the molecule is Cc1ccc(Oc2ccccc2NC(=O)CN2CCCC(O)C2)cc1. The smallest absolute Gasteiger partial charge is 0.238 e. The average molecular weight is 340 g/mol. The molecule has 1 unspecified atom stereocenters. The van der Waals surface area contributed by atoms with E-state index >= 15 is 0 Å². The fraction of sp³-hybridized carbons (Fsp3) is 0.350. The third kappa shape index (κ3) is 5.05. The van der Waals surface area contributed by atoms with Gasteiger partial charge in [-0.2, -0.15) is 0 Å². The number of nitrogens with one attached hydrogen (secondary N) is 1. The maximum Gasteiger partial charge on any atom is 0.238 e. The Kier molecular flexibility index (Phi) is 5.68. The molecule has 25 heavy (non-hydrogen) atoms. The molecular weight excluding hydrogens is 316 g/mol. The van der Waals surface area contributed by atoms with Gasteiger partial charge >= 0.3 is 0 Å². The van der Waals surface area contributed by atoms with Gasteiger partial charge in [-0.3, -0.25) is 9.69 Å². The Morgan fingerprint density at radius 1 is 1.24 bits per heavy atom. The van der Waals surface area contributed by atoms with E-state index in [-0.39, 0.29) is 18.6 Å². The van der Waals surface area contributed by atoms with Gasteiger partial charge in [-0.25, -0.2) is 0 Å². The number of anilines is 1. The first-order chi connectivity index (χ1) is 12.1. The van der Waals surface area contributed by atoms with E-state index < -0.39 is 0 Å². The second-order valence-corrected chi connectivity index (χ2v) is 6.49. The third-order valence-electron chi connectivity index (χ3n) is 4.26. The molecule has 0 spiro atoms. The van der Waals surface area contributed by atoms with Crippen molar-refractivity contribution in [2.75, 3.05) is 25.0 Å². The van der Waals surface area contributed by atoms with Crippen LogP contribution in [0, 0.1) is 6.92 Å². The monoisotopic (exact) mass is 340 g/mol. The van der Waals surface area contributed by atoms with Gasteiger partial charge in [0.25, 0.3) is 0 Å². The molecule has 2 N–H and O–H groups in total. The molecule has 0 radical (unpaired) electrons. The lowest BCUT2D eigenvalue weighted by atomic mass is 10.1. The normalized spacial score (nSPS) is 17.9. The van der Waals surface area contributed by atoms with E-state index in [2.05, 4.69) is 5.32 Å². The molecule has 3 rings (SSSR count). The Balaban J connectivity index is 1.64. The lowest BCUT2D eigenvalue weighted by Gasteiger charge is -2.29. The minimum absolute atomic E-state index is 0.103. The summed E-state index contributed by atoms with van der Waals surface area (Å²) in [6.07, 6.45) is 1.39. The number of carbonyl (C=O) groups excluding carboxylic acids is 1. The number of hydrogen-bond acceptors (Lipinski definition) is 4. The van der Waals surface area contributed by atoms with E-state index in [1.165, 1.54) is 0 Å². The molecular formula is C20H24N2O3. The standard InChI is InChI=1S/C20H24N2O3/c1-15-8-10-17(11-9-15)25-19-7-3-2-6-18(19)21-20(24)14-22-12-4-5-16(23)13-22/h2-3,6-11,16,23H,4-5,12-14H2,1H3,(H,21,24). The van der Waals surface area contributed by atoms with Crippen molar-refractivity contribution < 1.29 is 14.6 Å². The number of carbonyl (C=O) groups is 1. The Hall–Kier alpha value is -2.37. The van der Waals surface area contributed by atoms with Crippen LogP contribution in [0.2, 0.25) is 0 Å². The highest BCUT2D eigenvalue weighted by molar-refractivity contribution is 5.93. The van der Waals surface area contributed by atoms with Crippen LogP contribution < -0.4 is 10.1 Å². The van der Waals surface area contributed by atoms with E-state index in [0.717, 1.165) is 30.7 Å². The Bertz CT molecular complexity index is 715. The largest absolute Gasteiger partial charge is 0.455 e. The van der Waals surface area contributed by atoms with Crippen LogP contribution >= 0.6 is 0 Å².